The van der Waals surface area contributed by atoms with Crippen molar-refractivity contribution in [3.8, 4) is 0 Å². The fourth-order valence-electron chi connectivity index (χ4n) is 3.15. The van der Waals surface area contributed by atoms with Gasteiger partial charge >= 0.3 is 5.97 Å². The van der Waals surface area contributed by atoms with Gasteiger partial charge in [-0.05, 0) is 66.3 Å². The number of thiazole rings is 1. The number of ether oxygens (including phenoxy) is 1. The molecule has 0 unspecified atom stereocenters. The summed E-state index contributed by atoms with van der Waals surface area (Å²) in [5, 5.41) is 4.37. The van der Waals surface area contributed by atoms with Crippen molar-refractivity contribution in [2.45, 2.75) is 13.8 Å². The first kappa shape index (κ1) is 20.7. The molecule has 0 fully saturated rings. The minimum atomic E-state index is -1.35. The first-order valence-electron chi connectivity index (χ1n) is 8.72. The van der Waals surface area contributed by atoms with E-state index in [1.54, 1.807) is 18.4 Å². The lowest BCUT2D eigenvalue weighted by atomic mass is 10.0. The van der Waals surface area contributed by atoms with Crippen LogP contribution in [-0.2, 0) is 4.74 Å². The van der Waals surface area contributed by atoms with Gasteiger partial charge < -0.3 is 9.64 Å². The molecular formula is C20H14F2IN3O3S. The molecule has 1 aliphatic heterocycles. The van der Waals surface area contributed by atoms with Crippen molar-refractivity contribution < 1.29 is 23.1 Å². The van der Waals surface area contributed by atoms with Gasteiger partial charge in [0.05, 0.1) is 22.5 Å². The van der Waals surface area contributed by atoms with E-state index in [0.29, 0.717) is 11.4 Å². The number of hydrogen-bond acceptors (Lipinski definition) is 6. The smallest absolute Gasteiger partial charge is 0.342 e. The lowest BCUT2D eigenvalue weighted by Gasteiger charge is -2.32. The standard InChI is InChI=1S/C20H14F2IN3O3S/c1-9-5-11(23)3-4-14(9)26-8-29-19(28)13-6-12(15(21)16(22)17(13)26)18(27)25-20-24-10(2)7-30-20/h3-7H,8H2,1-2H3,(H,24,25,27). The average molecular weight is 541 g/mol. The number of anilines is 3. The quantitative estimate of drug-likeness (QED) is 0.367. The molecule has 3 aromatic rings. The normalized spacial score (nSPS) is 13.1. The molecule has 0 saturated carbocycles. The average Bonchev–Trinajstić information content (AvgIpc) is 3.10. The summed E-state index contributed by atoms with van der Waals surface area (Å²) in [5.74, 6) is -4.37. The highest BCUT2D eigenvalue weighted by Gasteiger charge is 2.34. The fourth-order valence-corrected chi connectivity index (χ4v) is 4.48. The van der Waals surface area contributed by atoms with Gasteiger partial charge in [0.25, 0.3) is 5.91 Å². The number of amides is 1. The molecule has 0 bridgehead atoms. The molecule has 2 heterocycles. The molecule has 2 aromatic carbocycles. The zero-order chi connectivity index (χ0) is 21.6. The monoisotopic (exact) mass is 541 g/mol. The number of aryl methyl sites for hydroxylation is 2. The zero-order valence-corrected chi connectivity index (χ0v) is 18.7. The molecule has 0 saturated heterocycles. The van der Waals surface area contributed by atoms with Crippen LogP contribution in [0.15, 0.2) is 29.6 Å². The Bertz CT molecular complexity index is 1200. The number of esters is 1. The molecule has 1 aromatic heterocycles. The largest absolute Gasteiger partial charge is 0.440 e. The van der Waals surface area contributed by atoms with Gasteiger partial charge in [-0.3, -0.25) is 10.1 Å². The SMILES string of the molecule is Cc1csc(NC(=O)c2cc3c(c(F)c2F)N(c2ccc(I)cc2C)COC3=O)n1. The molecule has 10 heteroatoms. The number of aromatic nitrogens is 1. The number of rotatable bonds is 3. The Morgan fingerprint density at radius 2 is 2.03 bits per heavy atom. The minimum absolute atomic E-state index is 0.224. The molecule has 4 rings (SSSR count). The summed E-state index contributed by atoms with van der Waals surface area (Å²) >= 11 is 3.30. The number of fused-ring (bicyclic) bond motifs is 1. The van der Waals surface area contributed by atoms with E-state index in [1.165, 1.54) is 4.90 Å². The lowest BCUT2D eigenvalue weighted by Crippen LogP contribution is -2.33. The highest BCUT2D eigenvalue weighted by Crippen LogP contribution is 2.39. The number of benzene rings is 2. The van der Waals surface area contributed by atoms with Crippen LogP contribution in [0.2, 0.25) is 0 Å². The molecule has 1 N–H and O–H groups in total. The van der Waals surface area contributed by atoms with Gasteiger partial charge in [0, 0.05) is 14.6 Å². The Labute approximate surface area is 188 Å². The third kappa shape index (κ3) is 3.65. The van der Waals surface area contributed by atoms with Crippen LogP contribution >= 0.6 is 33.9 Å². The number of nitrogens with one attached hydrogen (secondary N) is 1. The molecule has 6 nitrogen and oxygen atoms in total. The molecule has 1 amide bonds. The van der Waals surface area contributed by atoms with E-state index in [0.717, 1.165) is 26.5 Å². The number of nitrogens with zero attached hydrogens (tertiary/aromatic N) is 2. The van der Waals surface area contributed by atoms with Crippen molar-refractivity contribution in [1.29, 1.82) is 0 Å². The van der Waals surface area contributed by atoms with Crippen molar-refractivity contribution in [1.82, 2.24) is 4.98 Å². The van der Waals surface area contributed by atoms with Crippen LogP contribution in [0, 0.1) is 29.1 Å². The summed E-state index contributed by atoms with van der Waals surface area (Å²) in [6.45, 7) is 3.29. The molecule has 154 valence electrons. The third-order valence-corrected chi connectivity index (χ3v) is 6.08. The Hall–Kier alpha value is -2.60. The molecule has 0 aliphatic carbocycles. The Morgan fingerprint density at radius 1 is 1.27 bits per heavy atom. The molecule has 0 atom stereocenters. The maximum absolute atomic E-state index is 15.1. The predicted molar refractivity (Wildman–Crippen MR) is 117 cm³/mol. The topological polar surface area (TPSA) is 71.5 Å². The highest BCUT2D eigenvalue weighted by molar-refractivity contribution is 14.1. The first-order chi connectivity index (χ1) is 14.3. The van der Waals surface area contributed by atoms with Crippen molar-refractivity contribution in [3.05, 3.63) is 67.2 Å². The molecule has 30 heavy (non-hydrogen) atoms. The van der Waals surface area contributed by atoms with Crippen LogP contribution in [0.1, 0.15) is 32.0 Å². The van der Waals surface area contributed by atoms with E-state index in [-0.39, 0.29) is 23.1 Å². The van der Waals surface area contributed by atoms with Gasteiger partial charge in [0.2, 0.25) is 0 Å². The Morgan fingerprint density at radius 3 is 2.70 bits per heavy atom. The second kappa shape index (κ2) is 7.91. The maximum Gasteiger partial charge on any atom is 0.342 e. The highest BCUT2D eigenvalue weighted by atomic mass is 127. The maximum atomic E-state index is 15.1. The van der Waals surface area contributed by atoms with Crippen LogP contribution in [-0.4, -0.2) is 23.6 Å². The van der Waals surface area contributed by atoms with Gasteiger partial charge in [0.1, 0.15) is 0 Å². The Kier molecular flexibility index (Phi) is 5.45. The number of carbonyl (C=O) groups excluding carboxylic acids is 2. The second-order valence-electron chi connectivity index (χ2n) is 6.62. The van der Waals surface area contributed by atoms with Crippen LogP contribution in [0.4, 0.5) is 25.3 Å². The van der Waals surface area contributed by atoms with Gasteiger partial charge in [0.15, 0.2) is 23.5 Å². The summed E-state index contributed by atoms with van der Waals surface area (Å²) in [5.41, 5.74) is 0.967. The van der Waals surface area contributed by atoms with E-state index in [4.69, 9.17) is 4.74 Å². The summed E-state index contributed by atoms with van der Waals surface area (Å²) in [6, 6.07) is 6.44. The van der Waals surface area contributed by atoms with E-state index >= 15 is 4.39 Å². The molecule has 1 aliphatic rings. The van der Waals surface area contributed by atoms with Gasteiger partial charge in [-0.15, -0.1) is 11.3 Å². The predicted octanol–water partition coefficient (Wildman–Crippen LogP) is 5.16. The number of hydrogen-bond donors (Lipinski definition) is 1. The van der Waals surface area contributed by atoms with Crippen LogP contribution in [0.5, 0.6) is 0 Å². The molecular weight excluding hydrogens is 527 g/mol. The van der Waals surface area contributed by atoms with Gasteiger partial charge in [-0.25, -0.2) is 18.6 Å². The number of carbonyl (C=O) groups is 2. The van der Waals surface area contributed by atoms with Gasteiger partial charge in [-0.1, -0.05) is 0 Å². The van der Waals surface area contributed by atoms with E-state index in [9.17, 15) is 14.0 Å². The summed E-state index contributed by atoms with van der Waals surface area (Å²) in [7, 11) is 0. The molecule has 0 spiro atoms. The Balaban J connectivity index is 1.80. The summed E-state index contributed by atoms with van der Waals surface area (Å²) in [4.78, 5) is 30.3. The third-order valence-electron chi connectivity index (χ3n) is 4.53. The first-order valence-corrected chi connectivity index (χ1v) is 10.7. The van der Waals surface area contributed by atoms with Crippen molar-refractivity contribution >= 4 is 62.3 Å². The van der Waals surface area contributed by atoms with Crippen LogP contribution < -0.4 is 10.2 Å². The number of cyclic esters (lactones) is 1. The molecule has 0 radical (unpaired) electrons. The lowest BCUT2D eigenvalue weighted by molar-refractivity contribution is 0.0491. The number of halogens is 3. The fraction of sp³-hybridized carbons (Fsp3) is 0.150. The van der Waals surface area contributed by atoms with E-state index < -0.39 is 29.1 Å². The van der Waals surface area contributed by atoms with Crippen LogP contribution in [0.25, 0.3) is 0 Å². The van der Waals surface area contributed by atoms with E-state index in [2.05, 4.69) is 32.9 Å². The van der Waals surface area contributed by atoms with Crippen LogP contribution in [0.3, 0.4) is 0 Å². The van der Waals surface area contributed by atoms with Crippen molar-refractivity contribution in [2.24, 2.45) is 0 Å². The second-order valence-corrected chi connectivity index (χ2v) is 8.72. The summed E-state index contributed by atoms with van der Waals surface area (Å²) in [6.07, 6.45) is 0. The minimum Gasteiger partial charge on any atom is -0.440 e. The van der Waals surface area contributed by atoms with E-state index in [1.807, 2.05) is 19.1 Å². The van der Waals surface area contributed by atoms with Crippen molar-refractivity contribution in [3.63, 3.8) is 0 Å². The summed E-state index contributed by atoms with van der Waals surface area (Å²) < 4.78 is 36.2. The van der Waals surface area contributed by atoms with Crippen molar-refractivity contribution in [2.75, 3.05) is 16.9 Å². The zero-order valence-electron chi connectivity index (χ0n) is 15.8. The van der Waals surface area contributed by atoms with Gasteiger partial charge in [-0.2, -0.15) is 0 Å².